The zero-order chi connectivity index (χ0) is 19.1. The van der Waals surface area contributed by atoms with Crippen molar-refractivity contribution in [1.29, 1.82) is 0 Å². The third-order valence-corrected chi connectivity index (χ3v) is 16.3. The van der Waals surface area contributed by atoms with Gasteiger partial charge in [0.25, 0.3) is 0 Å². The molecular formula is C22H37Cl2OSiTi. The summed E-state index contributed by atoms with van der Waals surface area (Å²) in [6.45, 7) is 22.5. The average molecular weight is 464 g/mol. The van der Waals surface area contributed by atoms with Gasteiger partial charge in [-0.2, -0.15) is 0 Å². The van der Waals surface area contributed by atoms with Gasteiger partial charge in [-0.1, -0.05) is 0 Å². The van der Waals surface area contributed by atoms with Crippen LogP contribution >= 0.6 is 24.8 Å². The van der Waals surface area contributed by atoms with Crippen molar-refractivity contribution in [3.05, 3.63) is 49.9 Å². The minimum Gasteiger partial charge on any atom is -0.147 e. The third kappa shape index (κ3) is 5.54. The van der Waals surface area contributed by atoms with Crippen LogP contribution in [0.15, 0.2) is 38.8 Å². The Bertz CT molecular complexity index is 732. The van der Waals surface area contributed by atoms with E-state index in [4.69, 9.17) is 3.32 Å². The smallest absolute Gasteiger partial charge is 0.147 e. The van der Waals surface area contributed by atoms with Crippen molar-refractivity contribution in [3.63, 3.8) is 0 Å². The van der Waals surface area contributed by atoms with Gasteiger partial charge in [0, 0.05) is 0 Å². The van der Waals surface area contributed by atoms with E-state index >= 15 is 0 Å². The molecule has 0 spiro atoms. The molecule has 5 heteroatoms. The predicted octanol–water partition coefficient (Wildman–Crippen LogP) is 7.29. The zero-order valence-corrected chi connectivity index (χ0v) is 23.0. The molecule has 0 aliphatic heterocycles. The molecule has 1 aliphatic rings. The van der Waals surface area contributed by atoms with Crippen LogP contribution in [0.1, 0.15) is 59.6 Å². The van der Waals surface area contributed by atoms with E-state index in [0.717, 1.165) is 5.75 Å². The number of hydrogen-bond donors (Lipinski definition) is 0. The van der Waals surface area contributed by atoms with Gasteiger partial charge in [0.15, 0.2) is 0 Å². The molecule has 1 atom stereocenters. The van der Waals surface area contributed by atoms with E-state index in [2.05, 4.69) is 86.7 Å². The molecule has 0 amide bonds. The van der Waals surface area contributed by atoms with Gasteiger partial charge < -0.3 is 0 Å². The second-order valence-electron chi connectivity index (χ2n) is 8.87. The Hall–Kier alpha value is 0.0112. The molecule has 0 aromatic heterocycles. The van der Waals surface area contributed by atoms with Crippen LogP contribution in [0, 0.1) is 12.8 Å². The summed E-state index contributed by atoms with van der Waals surface area (Å²) in [4.78, 5) is 0. The molecule has 2 rings (SSSR count). The summed E-state index contributed by atoms with van der Waals surface area (Å²) in [5, 5.41) is 0. The Morgan fingerprint density at radius 1 is 0.963 bits per heavy atom. The number of allylic oxidation sites excluding steroid dienone is 4. The van der Waals surface area contributed by atoms with Crippen LogP contribution in [0.4, 0.5) is 0 Å². The molecule has 1 unspecified atom stereocenters. The molecule has 1 aromatic carbocycles. The van der Waals surface area contributed by atoms with E-state index in [1.54, 1.807) is 9.45 Å². The molecule has 0 fully saturated rings. The second kappa shape index (κ2) is 10.2. The molecule has 1 aromatic rings. The summed E-state index contributed by atoms with van der Waals surface area (Å²) in [7, 11) is 0. The Kier molecular flexibility index (Phi) is 10.2. The van der Waals surface area contributed by atoms with Gasteiger partial charge in [-0.3, -0.25) is 0 Å². The third-order valence-electron chi connectivity index (χ3n) is 5.74. The monoisotopic (exact) mass is 463 g/mol. The molecule has 0 heterocycles. The first kappa shape index (κ1) is 27.0. The topological polar surface area (TPSA) is 9.23 Å². The summed E-state index contributed by atoms with van der Waals surface area (Å²) >= 11 is -1.74. The average Bonchev–Trinajstić information content (AvgIpc) is 2.69. The first-order valence-corrected chi connectivity index (χ1v) is 16.5. The summed E-state index contributed by atoms with van der Waals surface area (Å²) in [6, 6.07) is 6.62. The van der Waals surface area contributed by atoms with Gasteiger partial charge in [-0.05, 0) is 0 Å². The van der Waals surface area contributed by atoms with Crippen LogP contribution in [0.25, 0.3) is 0 Å². The van der Waals surface area contributed by atoms with Crippen LogP contribution in [0.3, 0.4) is 0 Å². The number of halogens is 2. The fourth-order valence-electron chi connectivity index (χ4n) is 3.90. The molecule has 0 radical (unpaired) electrons. The first-order chi connectivity index (χ1) is 11.5. The maximum atomic E-state index is 6.91. The second-order valence-corrected chi connectivity index (χ2v) is 21.0. The molecular weight excluding hydrogens is 427 g/mol. The van der Waals surface area contributed by atoms with E-state index in [0.29, 0.717) is 5.92 Å². The minimum atomic E-state index is -1.74. The molecule has 1 nitrogen and oxygen atoms in total. The fourth-order valence-corrected chi connectivity index (χ4v) is 14.0. The van der Waals surface area contributed by atoms with Gasteiger partial charge in [-0.25, -0.2) is 0 Å². The van der Waals surface area contributed by atoms with Crippen molar-refractivity contribution in [2.45, 2.75) is 73.9 Å². The Morgan fingerprint density at radius 3 is 1.93 bits per heavy atom. The van der Waals surface area contributed by atoms with E-state index < -0.39 is 24.2 Å². The van der Waals surface area contributed by atoms with Crippen molar-refractivity contribution in [3.8, 4) is 5.75 Å². The summed E-state index contributed by atoms with van der Waals surface area (Å²) in [5.74, 6) is 1.72. The van der Waals surface area contributed by atoms with Crippen LogP contribution in [0.5, 0.6) is 5.75 Å². The Morgan fingerprint density at radius 2 is 1.52 bits per heavy atom. The molecule has 0 saturated heterocycles. The van der Waals surface area contributed by atoms with E-state index in [-0.39, 0.29) is 30.2 Å². The van der Waals surface area contributed by atoms with Crippen molar-refractivity contribution in [1.82, 2.24) is 0 Å². The summed E-state index contributed by atoms with van der Waals surface area (Å²) in [6.07, 6.45) is 0. The first-order valence-electron chi connectivity index (χ1n) is 9.50. The van der Waals surface area contributed by atoms with Gasteiger partial charge in [-0.15, -0.1) is 24.8 Å². The number of benzene rings is 1. The van der Waals surface area contributed by atoms with Crippen molar-refractivity contribution in [2.24, 2.45) is 5.92 Å². The molecule has 1 aliphatic carbocycles. The standard InChI is InChI=1S/C11H16O.C9H13.C2H7Si.2ClH.Ti/c1-8-9(11(2,3)4)6-5-7-10(8)12;1-6-5-7(2)9(4)8(6)3;1-3-2;;;/h5-7,12H,1-4H3;6H,1-4H3;3H,1-2H3;2*1H;/q;;;;;+1/p-1. The number of rotatable bonds is 4. The molecule has 0 bridgehead atoms. The van der Waals surface area contributed by atoms with E-state index in [1.807, 2.05) is 0 Å². The largest absolute Gasteiger partial charge is 0.147 e. The van der Waals surface area contributed by atoms with E-state index in [1.165, 1.54) is 22.3 Å². The van der Waals surface area contributed by atoms with Crippen LogP contribution in [-0.2, 0) is 22.9 Å². The van der Waals surface area contributed by atoms with E-state index in [9.17, 15) is 0 Å². The van der Waals surface area contributed by atoms with Crippen LogP contribution < -0.4 is 3.32 Å². The molecule has 27 heavy (non-hydrogen) atoms. The van der Waals surface area contributed by atoms with Gasteiger partial charge >= 0.3 is 163 Å². The SMILES string of the molecule is CC1=C(C)C(C)[C]([Ti]([O]c2cccc(C(C)(C)C)c2C)[SiH](C)C)=C1C.Cl.Cl. The fraction of sp³-hybridized carbons (Fsp3) is 0.545. The normalized spacial score (nSPS) is 17.1. The quantitative estimate of drug-likeness (QED) is 0.425. The van der Waals surface area contributed by atoms with Crippen LogP contribution in [0.2, 0.25) is 13.1 Å². The van der Waals surface area contributed by atoms with Crippen molar-refractivity contribution < 1.29 is 20.8 Å². The van der Waals surface area contributed by atoms with Gasteiger partial charge in [0.1, 0.15) is 0 Å². The molecule has 0 N–H and O–H groups in total. The Labute approximate surface area is 187 Å². The van der Waals surface area contributed by atoms with Crippen molar-refractivity contribution >= 4 is 31.5 Å². The summed E-state index contributed by atoms with van der Waals surface area (Å²) in [5.41, 5.74) is 7.49. The summed E-state index contributed by atoms with van der Waals surface area (Å²) < 4.78 is 8.60. The van der Waals surface area contributed by atoms with Gasteiger partial charge in [0.2, 0.25) is 0 Å². The van der Waals surface area contributed by atoms with Gasteiger partial charge in [0.05, 0.1) is 0 Å². The molecule has 153 valence electrons. The van der Waals surface area contributed by atoms with Crippen molar-refractivity contribution in [2.75, 3.05) is 0 Å². The molecule has 0 saturated carbocycles. The van der Waals surface area contributed by atoms with Crippen LogP contribution in [-0.4, -0.2) is 6.66 Å². The zero-order valence-electron chi connectivity index (χ0n) is 18.6. The maximum absolute atomic E-state index is 6.91. The minimum absolute atomic E-state index is 0. The maximum Gasteiger partial charge on any atom is -0.147 e. The number of hydrogen-bond acceptors (Lipinski definition) is 1. The predicted molar refractivity (Wildman–Crippen MR) is 124 cm³/mol. The Balaban J connectivity index is 0.00000338.